The lowest BCUT2D eigenvalue weighted by Gasteiger charge is -2.19. The number of halogens is 4. The summed E-state index contributed by atoms with van der Waals surface area (Å²) in [4.78, 5) is 30.6. The summed E-state index contributed by atoms with van der Waals surface area (Å²) < 4.78 is 67.5. The highest BCUT2D eigenvalue weighted by Gasteiger charge is 2.34. The van der Waals surface area contributed by atoms with Crippen LogP contribution in [0.25, 0.3) is 10.9 Å². The van der Waals surface area contributed by atoms with Crippen molar-refractivity contribution in [1.29, 1.82) is 0 Å². The van der Waals surface area contributed by atoms with E-state index in [1.165, 1.54) is 31.2 Å². The average Bonchev–Trinajstić information content (AvgIpc) is 3.21. The Morgan fingerprint density at radius 3 is 2.57 bits per heavy atom. The third-order valence-electron chi connectivity index (χ3n) is 6.18. The van der Waals surface area contributed by atoms with E-state index in [0.29, 0.717) is 19.5 Å². The molecular formula is C23H25ClF3N4O5S+. The summed E-state index contributed by atoms with van der Waals surface area (Å²) in [5.74, 6) is -0.683. The Kier molecular flexibility index (Phi) is 7.55. The van der Waals surface area contributed by atoms with E-state index in [1.807, 2.05) is 4.90 Å². The molecular weight excluding hydrogens is 537 g/mol. The predicted molar refractivity (Wildman–Crippen MR) is 133 cm³/mol. The van der Waals surface area contributed by atoms with Crippen molar-refractivity contribution in [2.45, 2.75) is 43.7 Å². The second kappa shape index (κ2) is 10.2. The fraction of sp³-hybridized carbons (Fsp3) is 0.391. The zero-order valence-corrected chi connectivity index (χ0v) is 21.3. The van der Waals surface area contributed by atoms with Gasteiger partial charge >= 0.3 is 12.1 Å². The van der Waals surface area contributed by atoms with Crippen molar-refractivity contribution in [3.05, 3.63) is 67.3 Å². The minimum absolute atomic E-state index is 0.00561. The van der Waals surface area contributed by atoms with Gasteiger partial charge in [0.1, 0.15) is 11.5 Å². The van der Waals surface area contributed by atoms with Crippen LogP contribution in [0.4, 0.5) is 13.2 Å². The Morgan fingerprint density at radius 2 is 1.95 bits per heavy atom. The molecule has 3 aromatic rings. The molecule has 2 aromatic carbocycles. The van der Waals surface area contributed by atoms with Crippen LogP contribution in [0, 0.1) is 0 Å². The monoisotopic (exact) mass is 561 g/mol. The third-order valence-corrected chi connectivity index (χ3v) is 8.28. The van der Waals surface area contributed by atoms with Crippen LogP contribution in [0.3, 0.4) is 0 Å². The van der Waals surface area contributed by atoms with Gasteiger partial charge in [-0.3, -0.25) is 14.3 Å². The molecule has 14 heteroatoms. The minimum atomic E-state index is -5.01. The number of likely N-dealkylation sites (tertiary alicyclic amines) is 1. The van der Waals surface area contributed by atoms with Crippen molar-refractivity contribution < 1.29 is 26.7 Å². The molecule has 9 nitrogen and oxygen atoms in total. The average molecular weight is 562 g/mol. The smallest absolute Gasteiger partial charge is 0.405 e. The van der Waals surface area contributed by atoms with Crippen LogP contribution in [0.2, 0.25) is 5.02 Å². The molecule has 2 atom stereocenters. The largest absolute Gasteiger partial charge is 0.573 e. The standard InChI is InChI=1S/C23H24ClF3N4O5S/c1-2-37(34,35)20-4-3-15(24)7-14(20)11-31-21(32)17-9-19(36-23(25,26)27)13(8-18(17)29-22(31)33)10-30-6-5-16(28)12-30/h3-4,7-9,16H,2,5-6,10-12,28H2,1H3,(H-,29,32,33,34,35)/p+1/t16-/m1/s1. The second-order valence-electron chi connectivity index (χ2n) is 8.84. The number of rotatable bonds is 7. The number of nitrogens with one attached hydrogen (secondary N) is 1. The molecule has 1 saturated heterocycles. The summed E-state index contributed by atoms with van der Waals surface area (Å²) in [5, 5.41) is -0.00742. The van der Waals surface area contributed by atoms with Gasteiger partial charge in [0.05, 0.1) is 17.4 Å². The Bertz CT molecular complexity index is 1510. The van der Waals surface area contributed by atoms with E-state index in [9.17, 15) is 31.5 Å². The third kappa shape index (κ3) is 6.07. The van der Waals surface area contributed by atoms with Gasteiger partial charge in [-0.05, 0) is 43.7 Å². The van der Waals surface area contributed by atoms with E-state index in [0.717, 1.165) is 10.6 Å². The van der Waals surface area contributed by atoms with Crippen LogP contribution < -0.4 is 21.7 Å². The first-order chi connectivity index (χ1) is 17.3. The summed E-state index contributed by atoms with van der Waals surface area (Å²) in [6.45, 7) is 2.21. The highest BCUT2D eigenvalue weighted by Crippen LogP contribution is 2.31. The van der Waals surface area contributed by atoms with Crippen molar-refractivity contribution in [1.82, 2.24) is 14.5 Å². The molecule has 0 saturated carbocycles. The molecule has 4 rings (SSSR count). The van der Waals surface area contributed by atoms with E-state index in [4.69, 9.17) is 17.3 Å². The molecule has 200 valence electrons. The number of H-pyrrole nitrogens is 1. The van der Waals surface area contributed by atoms with Crippen molar-refractivity contribution in [3.63, 3.8) is 0 Å². The second-order valence-corrected chi connectivity index (χ2v) is 11.6. The number of aromatic amines is 1. The predicted octanol–water partition coefficient (Wildman–Crippen LogP) is 3.17. The lowest BCUT2D eigenvalue weighted by atomic mass is 10.1. The molecule has 37 heavy (non-hydrogen) atoms. The SMILES string of the molecule is CC[S+](=O)(O)c1ccc(Cl)cc1Cn1c(=O)[nH]c2cc(CN3CC[C@@H](N)C3)c(OC(F)(F)F)cc2c1=O. The number of nitrogens with two attached hydrogens (primary N) is 1. The van der Waals surface area contributed by atoms with Gasteiger partial charge in [0.25, 0.3) is 5.56 Å². The number of hydrogen-bond donors (Lipinski definition) is 3. The first-order valence-corrected chi connectivity index (χ1v) is 13.4. The number of nitrogens with zero attached hydrogens (tertiary/aromatic N) is 2. The molecule has 0 spiro atoms. The topological polar surface area (TPSA) is 131 Å². The number of fused-ring (bicyclic) bond motifs is 1. The Hall–Kier alpha value is -2.71. The lowest BCUT2D eigenvalue weighted by Crippen LogP contribution is -2.36. The maximum atomic E-state index is 13.3. The van der Waals surface area contributed by atoms with Gasteiger partial charge < -0.3 is 15.5 Å². The maximum absolute atomic E-state index is 13.3. The fourth-order valence-corrected chi connectivity index (χ4v) is 5.69. The molecule has 1 aliphatic heterocycles. The van der Waals surface area contributed by atoms with Crippen molar-refractivity contribution >= 4 is 32.7 Å². The molecule has 1 aliphatic rings. The first kappa shape index (κ1) is 27.3. The van der Waals surface area contributed by atoms with Crippen LogP contribution in [0.15, 0.2) is 44.8 Å². The Labute approximate surface area is 215 Å². The Morgan fingerprint density at radius 1 is 1.22 bits per heavy atom. The summed E-state index contributed by atoms with van der Waals surface area (Å²) in [6.07, 6.45) is -4.32. The number of ether oxygens (including phenoxy) is 1. The van der Waals surface area contributed by atoms with Gasteiger partial charge in [0.2, 0.25) is 10.2 Å². The van der Waals surface area contributed by atoms with Gasteiger partial charge in [0.15, 0.2) is 4.90 Å². The summed E-state index contributed by atoms with van der Waals surface area (Å²) in [5.41, 5.74) is 4.48. The molecule has 1 unspecified atom stereocenters. The molecule has 0 bridgehead atoms. The van der Waals surface area contributed by atoms with Crippen LogP contribution in [0.1, 0.15) is 24.5 Å². The van der Waals surface area contributed by atoms with Crippen LogP contribution in [-0.4, -0.2) is 50.3 Å². The van der Waals surface area contributed by atoms with Crippen LogP contribution in [0.5, 0.6) is 5.75 Å². The Balaban J connectivity index is 1.83. The normalized spacial score (nSPS) is 18.3. The van der Waals surface area contributed by atoms with Crippen molar-refractivity contribution in [2.24, 2.45) is 5.73 Å². The summed E-state index contributed by atoms with van der Waals surface area (Å²) in [7, 11) is -3.48. The number of benzene rings is 2. The van der Waals surface area contributed by atoms with E-state index in [2.05, 4.69) is 9.72 Å². The molecule has 4 N–H and O–H groups in total. The fourth-order valence-electron chi connectivity index (χ4n) is 4.37. The van der Waals surface area contributed by atoms with Gasteiger partial charge in [-0.2, -0.15) is 4.55 Å². The van der Waals surface area contributed by atoms with E-state index in [1.54, 1.807) is 0 Å². The first-order valence-electron chi connectivity index (χ1n) is 11.3. The maximum Gasteiger partial charge on any atom is 0.573 e. The van der Waals surface area contributed by atoms with Gasteiger partial charge in [-0.1, -0.05) is 15.8 Å². The van der Waals surface area contributed by atoms with Gasteiger partial charge in [-0.15, -0.1) is 13.2 Å². The highest BCUT2D eigenvalue weighted by molar-refractivity contribution is 7.97. The summed E-state index contributed by atoms with van der Waals surface area (Å²) >= 11 is 6.05. The zero-order valence-electron chi connectivity index (χ0n) is 19.7. The molecule has 0 amide bonds. The molecule has 0 aliphatic carbocycles. The lowest BCUT2D eigenvalue weighted by molar-refractivity contribution is -0.274. The van der Waals surface area contributed by atoms with Crippen LogP contribution in [-0.2, 0) is 27.5 Å². The van der Waals surface area contributed by atoms with Gasteiger partial charge in [0, 0.05) is 41.8 Å². The molecule has 1 fully saturated rings. The van der Waals surface area contributed by atoms with Crippen LogP contribution >= 0.6 is 11.6 Å². The van der Waals surface area contributed by atoms with Crippen molar-refractivity contribution in [2.75, 3.05) is 18.8 Å². The number of alkyl halides is 3. The molecule has 2 heterocycles. The zero-order chi connectivity index (χ0) is 27.1. The molecule has 0 radical (unpaired) electrons. The van der Waals surface area contributed by atoms with Gasteiger partial charge in [-0.25, -0.2) is 4.79 Å². The van der Waals surface area contributed by atoms with Crippen molar-refractivity contribution in [3.8, 4) is 5.75 Å². The minimum Gasteiger partial charge on any atom is -0.405 e. The van der Waals surface area contributed by atoms with E-state index in [-0.39, 0.29) is 50.3 Å². The summed E-state index contributed by atoms with van der Waals surface area (Å²) in [6, 6.07) is 6.25. The molecule has 1 aromatic heterocycles. The number of hydrogen-bond acceptors (Lipinski definition) is 6. The highest BCUT2D eigenvalue weighted by atomic mass is 35.5. The number of aromatic nitrogens is 2. The van der Waals surface area contributed by atoms with E-state index >= 15 is 0 Å². The van der Waals surface area contributed by atoms with E-state index < -0.39 is 40.1 Å². The quantitative estimate of drug-likeness (QED) is 0.378.